The number of alkyl halides is 3. The van der Waals surface area contributed by atoms with Crippen molar-refractivity contribution in [2.45, 2.75) is 32.1 Å². The van der Waals surface area contributed by atoms with E-state index < -0.39 is 29.1 Å². The monoisotopic (exact) mass is 214 g/mol. The molecule has 0 fully saturated rings. The van der Waals surface area contributed by atoms with Crippen molar-refractivity contribution < 1.29 is 18.1 Å². The van der Waals surface area contributed by atoms with Crippen molar-refractivity contribution in [2.24, 2.45) is 11.1 Å². The third kappa shape index (κ3) is 2.93. The second-order valence-corrected chi connectivity index (χ2v) is 3.11. The van der Waals surface area contributed by atoms with E-state index in [1.54, 1.807) is 5.18 Å². The van der Waals surface area contributed by atoms with Crippen LogP contribution in [0.25, 0.3) is 0 Å². The highest BCUT2D eigenvalue weighted by atomic mass is 19.4. The van der Waals surface area contributed by atoms with Crippen LogP contribution in [0.4, 0.5) is 13.2 Å². The zero-order valence-electron chi connectivity index (χ0n) is 7.49. The highest BCUT2D eigenvalue weighted by Crippen LogP contribution is 2.29. The number of nitro groups is 1. The summed E-state index contributed by atoms with van der Waals surface area (Å²) in [4.78, 5) is 19.1. The van der Waals surface area contributed by atoms with E-state index in [0.29, 0.717) is 0 Å². The summed E-state index contributed by atoms with van der Waals surface area (Å²) in [7, 11) is 0. The fourth-order valence-corrected chi connectivity index (χ4v) is 1.04. The first kappa shape index (κ1) is 12.8. The molecule has 0 bridgehead atoms. The molecule has 5 nitrogen and oxygen atoms in total. The SMILES string of the molecule is CC(C)[C@@H](C(N=O)C(F)(F)F)[N+](=O)[O-]. The molecule has 0 spiro atoms. The topological polar surface area (TPSA) is 72.6 Å². The molecule has 0 aromatic carbocycles. The molecule has 0 aromatic rings. The summed E-state index contributed by atoms with van der Waals surface area (Å²) in [6.45, 7) is 2.47. The Morgan fingerprint density at radius 2 is 1.79 bits per heavy atom. The lowest BCUT2D eigenvalue weighted by Gasteiger charge is -2.19. The first-order valence-corrected chi connectivity index (χ1v) is 3.74. The minimum Gasteiger partial charge on any atom is -0.264 e. The van der Waals surface area contributed by atoms with Gasteiger partial charge in [0.15, 0.2) is 0 Å². The van der Waals surface area contributed by atoms with E-state index >= 15 is 0 Å². The Bertz CT molecular complexity index is 229. The molecule has 0 aliphatic carbocycles. The summed E-state index contributed by atoms with van der Waals surface area (Å²) in [5.41, 5.74) is 0. The molecule has 82 valence electrons. The van der Waals surface area contributed by atoms with Crippen molar-refractivity contribution in [3.05, 3.63) is 15.0 Å². The van der Waals surface area contributed by atoms with E-state index in [0.717, 1.165) is 0 Å². The lowest BCUT2D eigenvalue weighted by molar-refractivity contribution is -0.541. The fraction of sp³-hybridized carbons (Fsp3) is 1.00. The molecule has 2 atom stereocenters. The molecule has 0 aliphatic heterocycles. The highest BCUT2D eigenvalue weighted by Gasteiger charge is 2.53. The van der Waals surface area contributed by atoms with Crippen LogP contribution in [0.3, 0.4) is 0 Å². The maximum Gasteiger partial charge on any atom is 0.421 e. The summed E-state index contributed by atoms with van der Waals surface area (Å²) in [5.74, 6) is -0.908. The van der Waals surface area contributed by atoms with Gasteiger partial charge in [0.25, 0.3) is 6.04 Å². The van der Waals surface area contributed by atoms with E-state index in [4.69, 9.17) is 0 Å². The molecule has 0 amide bonds. The van der Waals surface area contributed by atoms with Crippen molar-refractivity contribution in [2.75, 3.05) is 0 Å². The standard InChI is InChI=1S/C6H9F3N2O3/c1-3(2)4(11(13)14)5(10-12)6(7,8)9/h3-5H,1-2H3/t4-,5?/m0/s1. The average Bonchev–Trinajstić information content (AvgIpc) is 1.95. The van der Waals surface area contributed by atoms with Gasteiger partial charge >= 0.3 is 6.18 Å². The lowest BCUT2D eigenvalue weighted by Crippen LogP contribution is -2.45. The Balaban J connectivity index is 4.96. The van der Waals surface area contributed by atoms with Crippen LogP contribution in [-0.2, 0) is 0 Å². The number of halogens is 3. The first-order valence-electron chi connectivity index (χ1n) is 3.74. The van der Waals surface area contributed by atoms with Crippen molar-refractivity contribution in [1.82, 2.24) is 0 Å². The minimum atomic E-state index is -4.97. The predicted molar refractivity (Wildman–Crippen MR) is 41.3 cm³/mol. The maximum atomic E-state index is 12.1. The third-order valence-electron chi connectivity index (χ3n) is 1.70. The summed E-state index contributed by atoms with van der Waals surface area (Å²) >= 11 is 0. The van der Waals surface area contributed by atoms with E-state index in [2.05, 4.69) is 0 Å². The Hall–Kier alpha value is -1.21. The second kappa shape index (κ2) is 4.34. The summed E-state index contributed by atoms with van der Waals surface area (Å²) in [6, 6.07) is -4.80. The quantitative estimate of drug-likeness (QED) is 0.408. The van der Waals surface area contributed by atoms with Gasteiger partial charge < -0.3 is 0 Å². The van der Waals surface area contributed by atoms with Crippen LogP contribution in [-0.4, -0.2) is 23.2 Å². The molecular weight excluding hydrogens is 205 g/mol. The Morgan fingerprint density at radius 1 is 1.36 bits per heavy atom. The third-order valence-corrected chi connectivity index (χ3v) is 1.70. The van der Waals surface area contributed by atoms with Crippen molar-refractivity contribution in [1.29, 1.82) is 0 Å². The van der Waals surface area contributed by atoms with Gasteiger partial charge in [0.2, 0.25) is 6.04 Å². The van der Waals surface area contributed by atoms with Gasteiger partial charge in [0.1, 0.15) is 0 Å². The van der Waals surface area contributed by atoms with Crippen LogP contribution in [0.1, 0.15) is 13.8 Å². The van der Waals surface area contributed by atoms with E-state index in [1.807, 2.05) is 0 Å². The molecule has 14 heavy (non-hydrogen) atoms. The minimum absolute atomic E-state index is 0.908. The van der Waals surface area contributed by atoms with E-state index in [1.165, 1.54) is 13.8 Å². The summed E-state index contributed by atoms with van der Waals surface area (Å²) in [6.07, 6.45) is -4.97. The normalized spacial score (nSPS) is 16.4. The number of hydrogen-bond acceptors (Lipinski definition) is 4. The van der Waals surface area contributed by atoms with Gasteiger partial charge in [0.05, 0.1) is 0 Å². The summed E-state index contributed by atoms with van der Waals surface area (Å²) in [5, 5.41) is 12.1. The molecule has 0 aromatic heterocycles. The molecule has 1 unspecified atom stereocenters. The van der Waals surface area contributed by atoms with Crippen LogP contribution in [0.2, 0.25) is 0 Å². The molecule has 0 heterocycles. The molecule has 8 heteroatoms. The van der Waals surface area contributed by atoms with Gasteiger partial charge in [-0.15, -0.1) is 4.91 Å². The molecule has 0 N–H and O–H groups in total. The van der Waals surface area contributed by atoms with Gasteiger partial charge in [-0.05, 0) is 5.18 Å². The van der Waals surface area contributed by atoms with Crippen LogP contribution < -0.4 is 0 Å². The Kier molecular flexibility index (Phi) is 3.96. The zero-order valence-corrected chi connectivity index (χ0v) is 7.49. The molecule has 0 saturated heterocycles. The van der Waals surface area contributed by atoms with Crippen molar-refractivity contribution >= 4 is 0 Å². The number of nitrogens with zero attached hydrogens (tertiary/aromatic N) is 2. The summed E-state index contributed by atoms with van der Waals surface area (Å²) < 4.78 is 36.3. The molecule has 0 rings (SSSR count). The number of hydrogen-bond donors (Lipinski definition) is 0. The fourth-order valence-electron chi connectivity index (χ4n) is 1.04. The van der Waals surface area contributed by atoms with Gasteiger partial charge in [-0.1, -0.05) is 13.8 Å². The van der Waals surface area contributed by atoms with E-state index in [-0.39, 0.29) is 0 Å². The molecule has 0 aliphatic rings. The predicted octanol–water partition coefficient (Wildman–Crippen LogP) is 1.98. The van der Waals surface area contributed by atoms with Crippen LogP contribution >= 0.6 is 0 Å². The molecular formula is C6H9F3N2O3. The number of rotatable bonds is 4. The Labute approximate surface area is 77.4 Å². The van der Waals surface area contributed by atoms with Crippen molar-refractivity contribution in [3.8, 4) is 0 Å². The van der Waals surface area contributed by atoms with Crippen LogP contribution in [0.15, 0.2) is 5.18 Å². The molecule has 0 radical (unpaired) electrons. The smallest absolute Gasteiger partial charge is 0.264 e. The lowest BCUT2D eigenvalue weighted by atomic mass is 9.97. The highest BCUT2D eigenvalue weighted by molar-refractivity contribution is 4.84. The van der Waals surface area contributed by atoms with Gasteiger partial charge in [-0.3, -0.25) is 10.1 Å². The van der Waals surface area contributed by atoms with Crippen molar-refractivity contribution in [3.63, 3.8) is 0 Å². The van der Waals surface area contributed by atoms with Gasteiger partial charge in [0, 0.05) is 10.8 Å². The van der Waals surface area contributed by atoms with Crippen LogP contribution in [0, 0.1) is 20.9 Å². The van der Waals surface area contributed by atoms with E-state index in [9.17, 15) is 28.2 Å². The second-order valence-electron chi connectivity index (χ2n) is 3.11. The van der Waals surface area contributed by atoms with Gasteiger partial charge in [-0.25, -0.2) is 0 Å². The Morgan fingerprint density at radius 3 is 1.86 bits per heavy atom. The maximum absolute atomic E-state index is 12.1. The average molecular weight is 214 g/mol. The number of nitroso groups, excluding NO2 is 1. The molecule has 0 saturated carbocycles. The first-order chi connectivity index (χ1) is 6.21. The largest absolute Gasteiger partial charge is 0.421 e. The van der Waals surface area contributed by atoms with Crippen LogP contribution in [0.5, 0.6) is 0 Å². The van der Waals surface area contributed by atoms with Gasteiger partial charge in [-0.2, -0.15) is 13.2 Å². The zero-order chi connectivity index (χ0) is 11.5.